The fourth-order valence-electron chi connectivity index (χ4n) is 2.75. The van der Waals surface area contributed by atoms with E-state index in [2.05, 4.69) is 15.1 Å². The highest BCUT2D eigenvalue weighted by Gasteiger charge is 2.14. The van der Waals surface area contributed by atoms with Gasteiger partial charge in [-0.15, -0.1) is 0 Å². The van der Waals surface area contributed by atoms with E-state index in [1.165, 1.54) is 6.20 Å². The first-order valence-corrected chi connectivity index (χ1v) is 8.03. The smallest absolute Gasteiger partial charge is 0.262 e. The Bertz CT molecular complexity index is 1080. The zero-order chi connectivity index (χ0) is 17.2. The molecule has 2 aromatic heterocycles. The number of fused-ring (bicyclic) bond motifs is 1. The average Bonchev–Trinajstić information content (AvgIpc) is 3.08. The molecule has 6 nitrogen and oxygen atoms in total. The molecular weight excluding hydrogens is 316 g/mol. The number of nitrogens with zero attached hydrogens (tertiary/aromatic N) is 3. The summed E-state index contributed by atoms with van der Waals surface area (Å²) in [7, 11) is 0. The summed E-state index contributed by atoms with van der Waals surface area (Å²) in [6.07, 6.45) is 1.53. The molecule has 4 aromatic rings. The second-order valence-corrected chi connectivity index (χ2v) is 5.47. The Morgan fingerprint density at radius 3 is 2.64 bits per heavy atom. The molecule has 0 radical (unpaired) electrons. The third-order valence-electron chi connectivity index (χ3n) is 3.88. The van der Waals surface area contributed by atoms with Crippen molar-refractivity contribution in [3.05, 3.63) is 71.1 Å². The molecule has 1 N–H and O–H groups in total. The minimum Gasteiger partial charge on any atom is -0.493 e. The molecule has 2 aromatic carbocycles. The zero-order valence-corrected chi connectivity index (χ0v) is 13.6. The average molecular weight is 332 g/mol. The number of benzene rings is 2. The Balaban J connectivity index is 1.94. The van der Waals surface area contributed by atoms with Gasteiger partial charge in [-0.3, -0.25) is 4.79 Å². The van der Waals surface area contributed by atoms with E-state index in [0.29, 0.717) is 29.2 Å². The lowest BCUT2D eigenvalue weighted by molar-refractivity contribution is 0.341. The monoisotopic (exact) mass is 332 g/mol. The number of hydrogen-bond donors (Lipinski definition) is 1. The molecule has 0 saturated heterocycles. The highest BCUT2D eigenvalue weighted by molar-refractivity contribution is 5.78. The normalized spacial score (nSPS) is 10.9. The number of rotatable bonds is 4. The Labute approximate surface area is 143 Å². The van der Waals surface area contributed by atoms with E-state index < -0.39 is 0 Å². The van der Waals surface area contributed by atoms with Crippen LogP contribution in [-0.4, -0.2) is 26.4 Å². The van der Waals surface area contributed by atoms with Gasteiger partial charge in [-0.05, 0) is 31.2 Å². The minimum atomic E-state index is -0.228. The van der Waals surface area contributed by atoms with E-state index in [0.717, 1.165) is 11.3 Å². The van der Waals surface area contributed by atoms with Gasteiger partial charge in [0, 0.05) is 0 Å². The van der Waals surface area contributed by atoms with Crippen LogP contribution >= 0.6 is 0 Å². The van der Waals surface area contributed by atoms with Gasteiger partial charge >= 0.3 is 0 Å². The summed E-state index contributed by atoms with van der Waals surface area (Å²) in [5.41, 5.74) is 1.87. The number of aromatic amines is 1. The lowest BCUT2D eigenvalue weighted by atomic mass is 10.2. The summed E-state index contributed by atoms with van der Waals surface area (Å²) in [4.78, 5) is 20.0. The minimum absolute atomic E-state index is 0.228. The maximum Gasteiger partial charge on any atom is 0.262 e. The molecule has 0 aliphatic rings. The maximum atomic E-state index is 12.5. The topological polar surface area (TPSA) is 72.8 Å². The van der Waals surface area contributed by atoms with E-state index in [1.807, 2.05) is 61.5 Å². The molecule has 0 spiro atoms. The summed E-state index contributed by atoms with van der Waals surface area (Å²) < 4.78 is 7.32. The van der Waals surface area contributed by atoms with Crippen LogP contribution in [0.4, 0.5) is 0 Å². The fraction of sp³-hybridized carbons (Fsp3) is 0.105. The second kappa shape index (κ2) is 6.24. The Morgan fingerprint density at radius 2 is 1.84 bits per heavy atom. The summed E-state index contributed by atoms with van der Waals surface area (Å²) in [6.45, 7) is 2.45. The lowest BCUT2D eigenvalue weighted by Crippen LogP contribution is -2.10. The SMILES string of the molecule is CCOc1ccccc1-c1nc2c(cnn2-c2ccccc2)c(=O)[nH]1. The molecule has 0 aliphatic heterocycles. The fourth-order valence-corrected chi connectivity index (χ4v) is 2.75. The van der Waals surface area contributed by atoms with Crippen molar-refractivity contribution in [2.24, 2.45) is 0 Å². The number of H-pyrrole nitrogens is 1. The maximum absolute atomic E-state index is 12.5. The van der Waals surface area contributed by atoms with E-state index in [-0.39, 0.29) is 5.56 Å². The predicted octanol–water partition coefficient (Wildman–Crippen LogP) is 3.17. The summed E-state index contributed by atoms with van der Waals surface area (Å²) in [5, 5.41) is 4.77. The van der Waals surface area contributed by atoms with Crippen LogP contribution in [0.3, 0.4) is 0 Å². The van der Waals surface area contributed by atoms with Gasteiger partial charge in [-0.25, -0.2) is 9.67 Å². The third-order valence-corrected chi connectivity index (χ3v) is 3.88. The molecule has 0 bridgehead atoms. The Hall–Kier alpha value is -3.41. The number of aromatic nitrogens is 4. The molecule has 0 fully saturated rings. The molecule has 124 valence electrons. The molecule has 0 aliphatic carbocycles. The van der Waals surface area contributed by atoms with Gasteiger partial charge in [0.25, 0.3) is 5.56 Å². The Morgan fingerprint density at radius 1 is 1.08 bits per heavy atom. The van der Waals surface area contributed by atoms with Crippen LogP contribution in [-0.2, 0) is 0 Å². The molecule has 6 heteroatoms. The van der Waals surface area contributed by atoms with Crippen LogP contribution in [0.25, 0.3) is 28.1 Å². The molecule has 0 unspecified atom stereocenters. The van der Waals surface area contributed by atoms with Gasteiger partial charge in [0.2, 0.25) is 0 Å². The molecule has 0 amide bonds. The van der Waals surface area contributed by atoms with Crippen molar-refractivity contribution in [1.29, 1.82) is 0 Å². The van der Waals surface area contributed by atoms with Crippen LogP contribution in [0.5, 0.6) is 5.75 Å². The van der Waals surface area contributed by atoms with Crippen LogP contribution in [0.1, 0.15) is 6.92 Å². The van der Waals surface area contributed by atoms with Crippen LogP contribution in [0, 0.1) is 0 Å². The molecule has 0 saturated carbocycles. The van der Waals surface area contributed by atoms with E-state index in [1.54, 1.807) is 4.68 Å². The van der Waals surface area contributed by atoms with Crippen molar-refractivity contribution >= 4 is 11.0 Å². The van der Waals surface area contributed by atoms with E-state index in [4.69, 9.17) is 4.74 Å². The summed E-state index contributed by atoms with van der Waals surface area (Å²) >= 11 is 0. The van der Waals surface area contributed by atoms with Crippen molar-refractivity contribution in [1.82, 2.24) is 19.7 Å². The van der Waals surface area contributed by atoms with Crippen molar-refractivity contribution in [2.75, 3.05) is 6.61 Å². The third kappa shape index (κ3) is 2.67. The summed E-state index contributed by atoms with van der Waals surface area (Å²) in [5.74, 6) is 1.14. The van der Waals surface area contributed by atoms with Gasteiger partial charge in [0.1, 0.15) is 17.0 Å². The summed E-state index contributed by atoms with van der Waals surface area (Å²) in [6, 6.07) is 17.1. The highest BCUT2D eigenvalue weighted by Crippen LogP contribution is 2.27. The van der Waals surface area contributed by atoms with Crippen molar-refractivity contribution < 1.29 is 4.74 Å². The van der Waals surface area contributed by atoms with Gasteiger partial charge in [-0.2, -0.15) is 5.10 Å². The van der Waals surface area contributed by atoms with Crippen LogP contribution in [0.2, 0.25) is 0 Å². The van der Waals surface area contributed by atoms with Crippen LogP contribution < -0.4 is 10.3 Å². The quantitative estimate of drug-likeness (QED) is 0.623. The van der Waals surface area contributed by atoms with Gasteiger partial charge in [0.15, 0.2) is 5.65 Å². The predicted molar refractivity (Wildman–Crippen MR) is 96.1 cm³/mol. The van der Waals surface area contributed by atoms with Gasteiger partial charge in [0.05, 0.1) is 24.1 Å². The number of nitrogens with one attached hydrogen (secondary N) is 1. The first kappa shape index (κ1) is 15.1. The van der Waals surface area contributed by atoms with Gasteiger partial charge in [-0.1, -0.05) is 30.3 Å². The molecule has 0 atom stereocenters. The largest absolute Gasteiger partial charge is 0.493 e. The second-order valence-electron chi connectivity index (χ2n) is 5.47. The lowest BCUT2D eigenvalue weighted by Gasteiger charge is -2.09. The first-order chi connectivity index (χ1) is 12.3. The van der Waals surface area contributed by atoms with E-state index in [9.17, 15) is 4.79 Å². The Kier molecular flexibility index (Phi) is 3.78. The first-order valence-electron chi connectivity index (χ1n) is 8.03. The number of para-hydroxylation sites is 2. The zero-order valence-electron chi connectivity index (χ0n) is 13.6. The van der Waals surface area contributed by atoms with Crippen molar-refractivity contribution in [3.8, 4) is 22.8 Å². The van der Waals surface area contributed by atoms with E-state index >= 15 is 0 Å². The molecular formula is C19H16N4O2. The van der Waals surface area contributed by atoms with Gasteiger partial charge < -0.3 is 9.72 Å². The highest BCUT2D eigenvalue weighted by atomic mass is 16.5. The van der Waals surface area contributed by atoms with Crippen LogP contribution in [0.15, 0.2) is 65.6 Å². The molecule has 2 heterocycles. The molecule has 25 heavy (non-hydrogen) atoms. The van der Waals surface area contributed by atoms with Crippen molar-refractivity contribution in [2.45, 2.75) is 6.92 Å². The standard InChI is InChI=1S/C19H16N4O2/c1-2-25-16-11-7-6-10-14(16)17-21-18-15(19(24)22-17)12-20-23(18)13-8-4-3-5-9-13/h3-12H,2H2,1H3,(H,21,22,24). The number of ether oxygens (including phenoxy) is 1. The molecule has 4 rings (SSSR count). The number of hydrogen-bond acceptors (Lipinski definition) is 4. The van der Waals surface area contributed by atoms with Crippen molar-refractivity contribution in [3.63, 3.8) is 0 Å².